The third-order valence-corrected chi connectivity index (χ3v) is 4.15. The maximum absolute atomic E-state index is 11.4. The zero-order chi connectivity index (χ0) is 11.7. The van der Waals surface area contributed by atoms with Gasteiger partial charge in [0.25, 0.3) is 0 Å². The van der Waals surface area contributed by atoms with Gasteiger partial charge in [-0.15, -0.1) is 0 Å². The Morgan fingerprint density at radius 2 is 2.25 bits per heavy atom. The third-order valence-electron chi connectivity index (χ3n) is 4.15. The van der Waals surface area contributed by atoms with E-state index in [0.717, 1.165) is 11.8 Å². The summed E-state index contributed by atoms with van der Waals surface area (Å²) >= 11 is 0. The van der Waals surface area contributed by atoms with Gasteiger partial charge >= 0.3 is 5.97 Å². The van der Waals surface area contributed by atoms with Crippen LogP contribution in [0.15, 0.2) is 11.6 Å². The number of rotatable bonds is 3. The molecule has 2 nitrogen and oxygen atoms in total. The maximum atomic E-state index is 11.4. The molecule has 2 bridgehead atoms. The smallest absolute Gasteiger partial charge is 0.308 e. The topological polar surface area (TPSA) is 26.3 Å². The van der Waals surface area contributed by atoms with E-state index in [1.807, 2.05) is 13.8 Å². The molecule has 0 aromatic heterocycles. The summed E-state index contributed by atoms with van der Waals surface area (Å²) in [6.07, 6.45) is 6.07. The van der Waals surface area contributed by atoms with E-state index in [-0.39, 0.29) is 11.9 Å². The molecule has 2 aliphatic carbocycles. The van der Waals surface area contributed by atoms with Crippen LogP contribution in [-0.2, 0) is 9.53 Å². The second-order valence-electron chi connectivity index (χ2n) is 5.54. The first-order valence-corrected chi connectivity index (χ1v) is 6.43. The summed E-state index contributed by atoms with van der Waals surface area (Å²) in [6, 6.07) is 0. The quantitative estimate of drug-likeness (QED) is 0.541. The minimum absolute atomic E-state index is 0.00434. The fraction of sp³-hybridized carbons (Fsp3) is 0.786. The summed E-state index contributed by atoms with van der Waals surface area (Å²) in [4.78, 5) is 11.4. The number of allylic oxidation sites excluding steroid dienone is 2. The average molecular weight is 222 g/mol. The summed E-state index contributed by atoms with van der Waals surface area (Å²) in [5.74, 6) is 2.14. The van der Waals surface area contributed by atoms with Gasteiger partial charge < -0.3 is 4.74 Å². The highest BCUT2D eigenvalue weighted by atomic mass is 16.5. The van der Waals surface area contributed by atoms with Crippen molar-refractivity contribution in [2.24, 2.45) is 23.7 Å². The molecule has 3 unspecified atom stereocenters. The minimum Gasteiger partial charge on any atom is -0.465 e. The van der Waals surface area contributed by atoms with Gasteiger partial charge in [-0.25, -0.2) is 0 Å². The van der Waals surface area contributed by atoms with Crippen molar-refractivity contribution in [3.05, 3.63) is 11.6 Å². The Kier molecular flexibility index (Phi) is 3.36. The molecule has 0 aromatic rings. The molecule has 0 saturated heterocycles. The highest BCUT2D eigenvalue weighted by Gasteiger charge is 2.42. The Balaban J connectivity index is 1.81. The summed E-state index contributed by atoms with van der Waals surface area (Å²) in [7, 11) is 0. The second-order valence-corrected chi connectivity index (χ2v) is 5.54. The number of ether oxygens (including phenoxy) is 1. The van der Waals surface area contributed by atoms with Gasteiger partial charge in [0, 0.05) is 0 Å². The van der Waals surface area contributed by atoms with E-state index >= 15 is 0 Å². The fourth-order valence-corrected chi connectivity index (χ4v) is 3.15. The van der Waals surface area contributed by atoms with Crippen molar-refractivity contribution in [2.45, 2.75) is 40.0 Å². The Labute approximate surface area is 98.1 Å². The van der Waals surface area contributed by atoms with Crippen LogP contribution in [-0.4, -0.2) is 12.6 Å². The van der Waals surface area contributed by atoms with E-state index in [1.165, 1.54) is 19.3 Å². The Morgan fingerprint density at radius 3 is 2.75 bits per heavy atom. The first kappa shape index (κ1) is 11.7. The molecule has 2 saturated carbocycles. The molecule has 0 amide bonds. The summed E-state index contributed by atoms with van der Waals surface area (Å²) in [6.45, 7) is 6.57. The molecule has 90 valence electrons. The number of carbonyl (C=O) groups excluding carboxylic acids is 1. The van der Waals surface area contributed by atoms with Crippen LogP contribution >= 0.6 is 0 Å². The van der Waals surface area contributed by atoms with Crippen LogP contribution in [0.25, 0.3) is 0 Å². The maximum Gasteiger partial charge on any atom is 0.308 e. The first-order chi connectivity index (χ1) is 7.61. The van der Waals surface area contributed by atoms with Crippen molar-refractivity contribution in [1.82, 2.24) is 0 Å². The number of esters is 1. The van der Waals surface area contributed by atoms with Crippen molar-refractivity contribution < 1.29 is 9.53 Å². The van der Waals surface area contributed by atoms with Gasteiger partial charge in [-0.1, -0.05) is 25.5 Å². The zero-order valence-corrected chi connectivity index (χ0v) is 10.5. The van der Waals surface area contributed by atoms with E-state index in [1.54, 1.807) is 5.57 Å². The zero-order valence-electron chi connectivity index (χ0n) is 10.5. The van der Waals surface area contributed by atoms with Gasteiger partial charge in [0.05, 0.1) is 12.5 Å². The molecule has 0 aromatic carbocycles. The molecule has 2 fully saturated rings. The van der Waals surface area contributed by atoms with Gasteiger partial charge in [0.1, 0.15) is 0 Å². The highest BCUT2D eigenvalue weighted by Crippen LogP contribution is 2.51. The summed E-state index contributed by atoms with van der Waals surface area (Å²) < 4.78 is 5.35. The van der Waals surface area contributed by atoms with E-state index < -0.39 is 0 Å². The van der Waals surface area contributed by atoms with Crippen molar-refractivity contribution in [1.29, 1.82) is 0 Å². The molecule has 0 heterocycles. The molecule has 0 spiro atoms. The molecule has 0 aliphatic heterocycles. The lowest BCUT2D eigenvalue weighted by atomic mass is 9.86. The van der Waals surface area contributed by atoms with E-state index in [0.29, 0.717) is 12.5 Å². The van der Waals surface area contributed by atoms with E-state index in [9.17, 15) is 4.79 Å². The lowest BCUT2D eigenvalue weighted by molar-refractivity contribution is -0.149. The number of fused-ring (bicyclic) bond motifs is 2. The molecule has 2 rings (SSSR count). The third kappa shape index (κ3) is 2.16. The van der Waals surface area contributed by atoms with Crippen molar-refractivity contribution >= 4 is 5.97 Å². The predicted octanol–water partition coefficient (Wildman–Crippen LogP) is 3.18. The normalized spacial score (nSPS) is 35.0. The van der Waals surface area contributed by atoms with Crippen LogP contribution in [0.4, 0.5) is 0 Å². The lowest BCUT2D eigenvalue weighted by Gasteiger charge is -2.23. The van der Waals surface area contributed by atoms with E-state index in [2.05, 4.69) is 13.0 Å². The van der Waals surface area contributed by atoms with Crippen LogP contribution in [0.1, 0.15) is 40.0 Å². The first-order valence-electron chi connectivity index (χ1n) is 6.43. The monoisotopic (exact) mass is 222 g/mol. The Hall–Kier alpha value is -0.790. The second kappa shape index (κ2) is 4.60. The molecule has 2 heteroatoms. The predicted molar refractivity (Wildman–Crippen MR) is 63.9 cm³/mol. The molecule has 16 heavy (non-hydrogen) atoms. The number of hydrogen-bond donors (Lipinski definition) is 0. The molecular formula is C14H22O2. The molecule has 0 radical (unpaired) electrons. The van der Waals surface area contributed by atoms with Gasteiger partial charge in [0.15, 0.2) is 0 Å². The molecule has 2 aliphatic rings. The van der Waals surface area contributed by atoms with Crippen LogP contribution in [0, 0.1) is 23.7 Å². The minimum atomic E-state index is -0.0472. The van der Waals surface area contributed by atoms with Crippen LogP contribution in [0.3, 0.4) is 0 Å². The summed E-state index contributed by atoms with van der Waals surface area (Å²) in [5.41, 5.74) is 1.64. The van der Waals surface area contributed by atoms with Crippen molar-refractivity contribution in [2.75, 3.05) is 6.61 Å². The van der Waals surface area contributed by atoms with Crippen molar-refractivity contribution in [3.63, 3.8) is 0 Å². The largest absolute Gasteiger partial charge is 0.465 e. The van der Waals surface area contributed by atoms with Crippen LogP contribution in [0.2, 0.25) is 0 Å². The van der Waals surface area contributed by atoms with E-state index in [4.69, 9.17) is 4.74 Å². The lowest BCUT2D eigenvalue weighted by Crippen LogP contribution is -2.22. The number of carbonyl (C=O) groups is 1. The Morgan fingerprint density at radius 1 is 1.50 bits per heavy atom. The average Bonchev–Trinajstić information content (AvgIpc) is 2.83. The highest BCUT2D eigenvalue weighted by molar-refractivity contribution is 5.71. The molecule has 0 N–H and O–H groups in total. The molecule has 3 atom stereocenters. The van der Waals surface area contributed by atoms with Crippen LogP contribution < -0.4 is 0 Å². The van der Waals surface area contributed by atoms with Crippen molar-refractivity contribution in [3.8, 4) is 0 Å². The fourth-order valence-electron chi connectivity index (χ4n) is 3.15. The summed E-state index contributed by atoms with van der Waals surface area (Å²) in [5, 5.41) is 0. The standard InChI is InChI=1S/C14H22O2/c1-4-10-5-12-6-11(10)7-13(12)8-16-14(15)9(2)3/h4,9,11-13H,5-8H2,1-3H3/b10-4+. The Bertz CT molecular complexity index is 304. The van der Waals surface area contributed by atoms with Crippen LogP contribution in [0.5, 0.6) is 0 Å². The molecular weight excluding hydrogens is 200 g/mol. The van der Waals surface area contributed by atoms with Gasteiger partial charge in [-0.2, -0.15) is 0 Å². The van der Waals surface area contributed by atoms with Gasteiger partial charge in [0.2, 0.25) is 0 Å². The SMILES string of the molecule is C/C=C1\CC2CC1CC2COC(=O)C(C)C. The number of hydrogen-bond acceptors (Lipinski definition) is 2. The van der Waals surface area contributed by atoms with Gasteiger partial charge in [-0.05, 0) is 43.9 Å². The van der Waals surface area contributed by atoms with Gasteiger partial charge in [-0.3, -0.25) is 4.79 Å².